The SMILES string of the molecule is CCCCCCC(CCCCC)Cc1ccc(C(F)(F)F)o1. The molecule has 22 heavy (non-hydrogen) atoms. The standard InChI is InChI=1S/C18H29F3O/c1-3-5-7-9-11-15(10-8-6-4-2)14-16-12-13-17(22-16)18(19,20)21/h12-13,15H,3-11,14H2,1-2H3. The normalized spacial score (nSPS) is 13.5. The summed E-state index contributed by atoms with van der Waals surface area (Å²) < 4.78 is 42.7. The third kappa shape index (κ3) is 7.37. The van der Waals surface area contributed by atoms with Crippen molar-refractivity contribution < 1.29 is 17.6 Å². The molecule has 1 aromatic rings. The first-order valence-corrected chi connectivity index (χ1v) is 8.63. The molecule has 0 spiro atoms. The zero-order valence-corrected chi connectivity index (χ0v) is 13.8. The zero-order chi connectivity index (χ0) is 16.4. The van der Waals surface area contributed by atoms with Crippen LogP contribution in [0.15, 0.2) is 16.5 Å². The Hall–Kier alpha value is -0.930. The van der Waals surface area contributed by atoms with Gasteiger partial charge in [0.05, 0.1) is 0 Å². The number of halogens is 3. The molecule has 0 fully saturated rings. The molecule has 4 heteroatoms. The van der Waals surface area contributed by atoms with Crippen molar-refractivity contribution in [3.8, 4) is 0 Å². The summed E-state index contributed by atoms with van der Waals surface area (Å²) in [6.07, 6.45) is 6.76. The molecular formula is C18H29F3O. The Morgan fingerprint density at radius 2 is 1.50 bits per heavy atom. The Labute approximate surface area is 132 Å². The maximum absolute atomic E-state index is 12.6. The summed E-state index contributed by atoms with van der Waals surface area (Å²) in [6.45, 7) is 4.35. The van der Waals surface area contributed by atoms with Crippen LogP contribution in [0.5, 0.6) is 0 Å². The minimum absolute atomic E-state index is 0.440. The van der Waals surface area contributed by atoms with Crippen LogP contribution in [0.25, 0.3) is 0 Å². The first-order chi connectivity index (χ1) is 10.5. The minimum Gasteiger partial charge on any atom is -0.457 e. The molecule has 0 saturated carbocycles. The zero-order valence-electron chi connectivity index (χ0n) is 13.8. The van der Waals surface area contributed by atoms with Gasteiger partial charge in [0.1, 0.15) is 5.76 Å². The lowest BCUT2D eigenvalue weighted by atomic mass is 9.91. The van der Waals surface area contributed by atoms with Crippen molar-refractivity contribution in [2.75, 3.05) is 0 Å². The summed E-state index contributed by atoms with van der Waals surface area (Å²) in [5.41, 5.74) is 0. The molecule has 1 heterocycles. The molecule has 0 aliphatic rings. The Morgan fingerprint density at radius 1 is 0.909 bits per heavy atom. The van der Waals surface area contributed by atoms with Crippen LogP contribution in [-0.2, 0) is 12.6 Å². The van der Waals surface area contributed by atoms with Crippen LogP contribution in [0.3, 0.4) is 0 Å². The lowest BCUT2D eigenvalue weighted by Crippen LogP contribution is -2.05. The first kappa shape index (κ1) is 19.1. The van der Waals surface area contributed by atoms with E-state index in [1.807, 2.05) is 0 Å². The van der Waals surface area contributed by atoms with Crippen LogP contribution in [0, 0.1) is 5.92 Å². The molecule has 1 nitrogen and oxygen atoms in total. The average molecular weight is 318 g/mol. The van der Waals surface area contributed by atoms with Gasteiger partial charge < -0.3 is 4.42 Å². The van der Waals surface area contributed by atoms with Gasteiger partial charge in [-0.3, -0.25) is 0 Å². The summed E-state index contributed by atoms with van der Waals surface area (Å²) in [5.74, 6) is 0.0424. The Kier molecular flexibility index (Phi) is 8.66. The minimum atomic E-state index is -4.38. The van der Waals surface area contributed by atoms with E-state index < -0.39 is 11.9 Å². The second kappa shape index (κ2) is 9.96. The summed E-state index contributed by atoms with van der Waals surface area (Å²) in [5, 5.41) is 0. The smallest absolute Gasteiger partial charge is 0.449 e. The molecule has 0 aliphatic carbocycles. The Balaban J connectivity index is 2.52. The number of furan rings is 1. The fourth-order valence-electron chi connectivity index (χ4n) is 2.82. The molecule has 0 saturated heterocycles. The highest BCUT2D eigenvalue weighted by atomic mass is 19.4. The number of unbranched alkanes of at least 4 members (excludes halogenated alkanes) is 5. The number of hydrogen-bond donors (Lipinski definition) is 0. The molecule has 0 bridgehead atoms. The predicted octanol–water partition coefficient (Wildman–Crippen LogP) is 7.01. The van der Waals surface area contributed by atoms with Gasteiger partial charge in [-0.15, -0.1) is 0 Å². The van der Waals surface area contributed by atoms with Gasteiger partial charge in [-0.1, -0.05) is 71.6 Å². The van der Waals surface area contributed by atoms with Crippen molar-refractivity contribution in [2.45, 2.75) is 84.2 Å². The summed E-state index contributed by atoms with van der Waals surface area (Å²) in [4.78, 5) is 0. The quantitative estimate of drug-likeness (QED) is 0.400. The van der Waals surface area contributed by atoms with Crippen molar-refractivity contribution in [3.05, 3.63) is 23.7 Å². The molecule has 1 atom stereocenters. The van der Waals surface area contributed by atoms with E-state index in [-0.39, 0.29) is 0 Å². The number of hydrogen-bond acceptors (Lipinski definition) is 1. The highest BCUT2D eigenvalue weighted by Gasteiger charge is 2.34. The van der Waals surface area contributed by atoms with E-state index in [1.54, 1.807) is 0 Å². The largest absolute Gasteiger partial charge is 0.457 e. The molecule has 0 amide bonds. The number of alkyl halides is 3. The monoisotopic (exact) mass is 318 g/mol. The first-order valence-electron chi connectivity index (χ1n) is 8.63. The molecule has 1 unspecified atom stereocenters. The van der Waals surface area contributed by atoms with Crippen molar-refractivity contribution in [1.82, 2.24) is 0 Å². The van der Waals surface area contributed by atoms with Gasteiger partial charge in [-0.2, -0.15) is 13.2 Å². The van der Waals surface area contributed by atoms with Crippen molar-refractivity contribution in [2.24, 2.45) is 5.92 Å². The van der Waals surface area contributed by atoms with E-state index in [0.717, 1.165) is 31.7 Å². The van der Waals surface area contributed by atoms with E-state index in [4.69, 9.17) is 4.42 Å². The van der Waals surface area contributed by atoms with Crippen molar-refractivity contribution in [3.63, 3.8) is 0 Å². The maximum atomic E-state index is 12.6. The highest BCUT2D eigenvalue weighted by Crippen LogP contribution is 2.32. The van der Waals surface area contributed by atoms with E-state index >= 15 is 0 Å². The molecule has 0 radical (unpaired) electrons. The summed E-state index contributed by atoms with van der Waals surface area (Å²) in [7, 11) is 0. The molecule has 0 N–H and O–H groups in total. The van der Waals surface area contributed by atoms with E-state index in [0.29, 0.717) is 18.1 Å². The molecular weight excluding hydrogens is 289 g/mol. The fraction of sp³-hybridized carbons (Fsp3) is 0.778. The van der Waals surface area contributed by atoms with Crippen molar-refractivity contribution >= 4 is 0 Å². The lowest BCUT2D eigenvalue weighted by Gasteiger charge is -2.15. The topological polar surface area (TPSA) is 13.1 Å². The third-order valence-corrected chi connectivity index (χ3v) is 4.11. The fourth-order valence-corrected chi connectivity index (χ4v) is 2.82. The second-order valence-corrected chi connectivity index (χ2v) is 6.18. The maximum Gasteiger partial charge on any atom is 0.449 e. The van der Waals surface area contributed by atoms with Crippen LogP contribution < -0.4 is 0 Å². The number of rotatable bonds is 11. The molecule has 1 aromatic heterocycles. The van der Waals surface area contributed by atoms with Gasteiger partial charge in [-0.05, 0) is 18.1 Å². The van der Waals surface area contributed by atoms with Crippen LogP contribution in [-0.4, -0.2) is 0 Å². The van der Waals surface area contributed by atoms with Crippen LogP contribution in [0.1, 0.15) is 83.2 Å². The highest BCUT2D eigenvalue weighted by molar-refractivity contribution is 5.10. The van der Waals surface area contributed by atoms with Gasteiger partial charge >= 0.3 is 6.18 Å². The molecule has 1 rings (SSSR count). The Bertz CT molecular complexity index is 395. The Morgan fingerprint density at radius 3 is 2.05 bits per heavy atom. The predicted molar refractivity (Wildman–Crippen MR) is 83.8 cm³/mol. The van der Waals surface area contributed by atoms with Gasteiger partial charge in [0, 0.05) is 6.42 Å². The van der Waals surface area contributed by atoms with Gasteiger partial charge in [0.25, 0.3) is 0 Å². The molecule has 128 valence electrons. The van der Waals surface area contributed by atoms with Crippen LogP contribution in [0.2, 0.25) is 0 Å². The van der Waals surface area contributed by atoms with Gasteiger partial charge in [0.15, 0.2) is 0 Å². The third-order valence-electron chi connectivity index (χ3n) is 4.11. The van der Waals surface area contributed by atoms with E-state index in [9.17, 15) is 13.2 Å². The summed E-state index contributed by atoms with van der Waals surface area (Å²) in [6, 6.07) is 2.54. The van der Waals surface area contributed by atoms with Crippen molar-refractivity contribution in [1.29, 1.82) is 0 Å². The second-order valence-electron chi connectivity index (χ2n) is 6.18. The van der Waals surface area contributed by atoms with E-state index in [1.165, 1.54) is 38.2 Å². The van der Waals surface area contributed by atoms with Gasteiger partial charge in [0.2, 0.25) is 5.76 Å². The lowest BCUT2D eigenvalue weighted by molar-refractivity contribution is -0.153. The molecule has 0 aliphatic heterocycles. The van der Waals surface area contributed by atoms with Crippen LogP contribution in [0.4, 0.5) is 13.2 Å². The van der Waals surface area contributed by atoms with Crippen LogP contribution >= 0.6 is 0 Å². The molecule has 0 aromatic carbocycles. The summed E-state index contributed by atoms with van der Waals surface area (Å²) >= 11 is 0. The average Bonchev–Trinajstić information content (AvgIpc) is 2.92. The van der Waals surface area contributed by atoms with E-state index in [2.05, 4.69) is 13.8 Å². The van der Waals surface area contributed by atoms with Gasteiger partial charge in [-0.25, -0.2) is 0 Å².